The molecule has 1 aliphatic rings. The number of nitrogens with zero attached hydrogens (tertiary/aromatic N) is 1. The minimum Gasteiger partial charge on any atom is -0.353 e. The quantitative estimate of drug-likeness (QED) is 0.317. The van der Waals surface area contributed by atoms with Crippen molar-refractivity contribution in [3.8, 4) is 0 Å². The Morgan fingerprint density at radius 3 is 2.70 bits per heavy atom. The summed E-state index contributed by atoms with van der Waals surface area (Å²) in [5, 5.41) is 6.44. The Bertz CT molecular complexity index is 497. The van der Waals surface area contributed by atoms with Gasteiger partial charge in [0.05, 0.1) is 0 Å². The maximum absolute atomic E-state index is 13.7. The van der Waals surface area contributed by atoms with E-state index < -0.39 is 0 Å². The van der Waals surface area contributed by atoms with Crippen LogP contribution in [0.25, 0.3) is 0 Å². The van der Waals surface area contributed by atoms with E-state index in [1.54, 1.807) is 13.1 Å². The van der Waals surface area contributed by atoms with E-state index in [4.69, 9.17) is 0 Å². The average Bonchev–Trinajstić information content (AvgIpc) is 2.89. The van der Waals surface area contributed by atoms with E-state index in [0.717, 1.165) is 17.3 Å². The van der Waals surface area contributed by atoms with Crippen molar-refractivity contribution in [3.05, 3.63) is 46.2 Å². The highest BCUT2D eigenvalue weighted by Crippen LogP contribution is 2.15. The molecule has 0 aromatic heterocycles. The van der Waals surface area contributed by atoms with Crippen LogP contribution in [0.2, 0.25) is 0 Å². The molecule has 2 rings (SSSR count). The molecule has 2 N–H and O–H groups in total. The summed E-state index contributed by atoms with van der Waals surface area (Å²) in [4.78, 5) is 4.15. The lowest BCUT2D eigenvalue weighted by Crippen LogP contribution is -2.42. The Morgan fingerprint density at radius 1 is 1.40 bits per heavy atom. The van der Waals surface area contributed by atoms with Gasteiger partial charge in [-0.15, -0.1) is 24.0 Å². The van der Waals surface area contributed by atoms with Gasteiger partial charge in [-0.1, -0.05) is 34.1 Å². The van der Waals surface area contributed by atoms with E-state index in [9.17, 15) is 4.39 Å². The molecule has 0 saturated carbocycles. The molecule has 0 bridgehead atoms. The van der Waals surface area contributed by atoms with Crippen molar-refractivity contribution >= 4 is 45.9 Å². The number of guanidine groups is 1. The third kappa shape index (κ3) is 5.05. The average molecular weight is 454 g/mol. The molecule has 110 valence electrons. The summed E-state index contributed by atoms with van der Waals surface area (Å²) in [6.45, 7) is 0.416. The molecule has 1 aliphatic carbocycles. The Balaban J connectivity index is 0.00000200. The van der Waals surface area contributed by atoms with Crippen LogP contribution in [-0.4, -0.2) is 19.0 Å². The van der Waals surface area contributed by atoms with Gasteiger partial charge in [-0.2, -0.15) is 0 Å². The number of aliphatic imine (C=N–C) groups is 1. The van der Waals surface area contributed by atoms with Crippen molar-refractivity contribution in [3.63, 3.8) is 0 Å². The molecule has 0 radical (unpaired) electrons. The second-order valence-corrected chi connectivity index (χ2v) is 5.36. The van der Waals surface area contributed by atoms with Crippen LogP contribution < -0.4 is 10.6 Å². The summed E-state index contributed by atoms with van der Waals surface area (Å²) in [5.41, 5.74) is 0.621. The second-order valence-electron chi connectivity index (χ2n) is 4.45. The Kier molecular flexibility index (Phi) is 7.50. The minimum atomic E-state index is -0.222. The molecule has 0 aliphatic heterocycles. The van der Waals surface area contributed by atoms with Gasteiger partial charge >= 0.3 is 0 Å². The van der Waals surface area contributed by atoms with Crippen LogP contribution in [0.15, 0.2) is 39.8 Å². The molecule has 0 amide bonds. The second kappa shape index (κ2) is 8.61. The summed E-state index contributed by atoms with van der Waals surface area (Å²) in [6, 6.07) is 5.45. The first-order valence-corrected chi connectivity index (χ1v) is 7.04. The first-order valence-electron chi connectivity index (χ1n) is 6.25. The van der Waals surface area contributed by atoms with Gasteiger partial charge in [0.15, 0.2) is 5.96 Å². The van der Waals surface area contributed by atoms with E-state index in [1.165, 1.54) is 6.07 Å². The van der Waals surface area contributed by atoms with Crippen molar-refractivity contribution < 1.29 is 4.39 Å². The van der Waals surface area contributed by atoms with Crippen LogP contribution in [-0.2, 0) is 6.54 Å². The van der Waals surface area contributed by atoms with Gasteiger partial charge in [0.1, 0.15) is 5.82 Å². The lowest BCUT2D eigenvalue weighted by molar-refractivity contribution is 0.598. The number of hydrogen-bond acceptors (Lipinski definition) is 1. The first kappa shape index (κ1) is 17.4. The van der Waals surface area contributed by atoms with Crippen LogP contribution in [0.4, 0.5) is 4.39 Å². The van der Waals surface area contributed by atoms with Gasteiger partial charge < -0.3 is 10.6 Å². The van der Waals surface area contributed by atoms with Gasteiger partial charge in [-0.05, 0) is 25.0 Å². The zero-order valence-corrected chi connectivity index (χ0v) is 15.1. The predicted molar refractivity (Wildman–Crippen MR) is 95.0 cm³/mol. The van der Waals surface area contributed by atoms with Crippen LogP contribution in [0.5, 0.6) is 0 Å². The molecule has 0 spiro atoms. The SMILES string of the molecule is CN=C(NCc1ccc(Br)cc1F)NC1CC=CC1.I. The molecular formula is C14H18BrFIN3. The number of hydrogen-bond donors (Lipinski definition) is 2. The van der Waals surface area contributed by atoms with Crippen molar-refractivity contribution in [1.29, 1.82) is 0 Å². The van der Waals surface area contributed by atoms with Gasteiger partial charge in [0, 0.05) is 29.7 Å². The molecule has 20 heavy (non-hydrogen) atoms. The maximum Gasteiger partial charge on any atom is 0.191 e. The third-order valence-corrected chi connectivity index (χ3v) is 3.53. The fourth-order valence-corrected chi connectivity index (χ4v) is 2.30. The van der Waals surface area contributed by atoms with Crippen LogP contribution in [0, 0.1) is 5.82 Å². The fraction of sp³-hybridized carbons (Fsp3) is 0.357. The number of benzene rings is 1. The molecule has 1 aromatic rings. The smallest absolute Gasteiger partial charge is 0.191 e. The van der Waals surface area contributed by atoms with Crippen LogP contribution in [0.3, 0.4) is 0 Å². The zero-order valence-electron chi connectivity index (χ0n) is 11.2. The van der Waals surface area contributed by atoms with Gasteiger partial charge in [-0.25, -0.2) is 4.39 Å². The standard InChI is InChI=1S/C14H17BrFN3.HI/c1-17-14(19-12-4-2-3-5-12)18-9-10-6-7-11(15)8-13(10)16;/h2-3,6-8,12H,4-5,9H2,1H3,(H2,17,18,19);1H. The van der Waals surface area contributed by atoms with E-state index in [-0.39, 0.29) is 29.8 Å². The summed E-state index contributed by atoms with van der Waals surface area (Å²) in [7, 11) is 1.72. The highest BCUT2D eigenvalue weighted by Gasteiger charge is 2.11. The number of rotatable bonds is 3. The molecule has 0 fully saturated rings. The van der Waals surface area contributed by atoms with Crippen molar-refractivity contribution in [2.24, 2.45) is 4.99 Å². The largest absolute Gasteiger partial charge is 0.353 e. The Hall–Kier alpha value is -0.630. The van der Waals surface area contributed by atoms with Gasteiger partial charge in [0.25, 0.3) is 0 Å². The Morgan fingerprint density at radius 2 is 2.10 bits per heavy atom. The monoisotopic (exact) mass is 453 g/mol. The molecule has 0 unspecified atom stereocenters. The normalized spacial score (nSPS) is 15.1. The van der Waals surface area contributed by atoms with Crippen molar-refractivity contribution in [1.82, 2.24) is 10.6 Å². The van der Waals surface area contributed by atoms with Gasteiger partial charge in [0.2, 0.25) is 0 Å². The first-order chi connectivity index (χ1) is 9.19. The molecule has 1 aromatic carbocycles. The molecule has 0 heterocycles. The zero-order chi connectivity index (χ0) is 13.7. The number of halogens is 3. The maximum atomic E-state index is 13.7. The minimum absolute atomic E-state index is 0. The Labute approximate surface area is 144 Å². The lowest BCUT2D eigenvalue weighted by atomic mass is 10.2. The van der Waals surface area contributed by atoms with Crippen LogP contribution in [0.1, 0.15) is 18.4 Å². The summed E-state index contributed by atoms with van der Waals surface area (Å²) < 4.78 is 14.4. The van der Waals surface area contributed by atoms with E-state index >= 15 is 0 Å². The highest BCUT2D eigenvalue weighted by atomic mass is 127. The van der Waals surface area contributed by atoms with E-state index in [1.807, 2.05) is 6.07 Å². The van der Waals surface area contributed by atoms with Crippen molar-refractivity contribution in [2.75, 3.05) is 7.05 Å². The molecule has 6 heteroatoms. The molecule has 3 nitrogen and oxygen atoms in total. The lowest BCUT2D eigenvalue weighted by Gasteiger charge is -2.17. The third-order valence-electron chi connectivity index (χ3n) is 3.03. The molecular weight excluding hydrogens is 436 g/mol. The molecule has 0 atom stereocenters. The number of nitrogens with one attached hydrogen (secondary N) is 2. The predicted octanol–water partition coefficient (Wildman–Crippen LogP) is 3.59. The highest BCUT2D eigenvalue weighted by molar-refractivity contribution is 14.0. The van der Waals surface area contributed by atoms with Crippen molar-refractivity contribution in [2.45, 2.75) is 25.4 Å². The van der Waals surface area contributed by atoms with E-state index in [2.05, 4.69) is 43.7 Å². The van der Waals surface area contributed by atoms with E-state index in [0.29, 0.717) is 24.1 Å². The summed E-state index contributed by atoms with van der Waals surface area (Å²) in [5.74, 6) is 0.482. The molecule has 0 saturated heterocycles. The fourth-order valence-electron chi connectivity index (χ4n) is 1.97. The van der Waals surface area contributed by atoms with Crippen LogP contribution >= 0.6 is 39.9 Å². The summed E-state index contributed by atoms with van der Waals surface area (Å²) in [6.07, 6.45) is 6.32. The summed E-state index contributed by atoms with van der Waals surface area (Å²) >= 11 is 3.24. The van der Waals surface area contributed by atoms with Gasteiger partial charge in [-0.3, -0.25) is 4.99 Å². The topological polar surface area (TPSA) is 36.4 Å².